The number of carbonyl (C=O) groups is 2. The highest BCUT2D eigenvalue weighted by Crippen LogP contribution is 2.38. The van der Waals surface area contributed by atoms with Crippen molar-refractivity contribution in [3.8, 4) is 0 Å². The van der Waals surface area contributed by atoms with E-state index in [0.717, 1.165) is 32.1 Å². The Kier molecular flexibility index (Phi) is 4.70. The molecule has 0 spiro atoms. The maximum Gasteiger partial charge on any atom is 0.371 e. The Hall–Kier alpha value is -1.78. The van der Waals surface area contributed by atoms with Crippen LogP contribution in [-0.4, -0.2) is 35.0 Å². The van der Waals surface area contributed by atoms with E-state index in [1.165, 1.54) is 12.1 Å². The standard InChI is InChI=1S/C16H23NO4/c1-3-16(4-2)8-5-10-17(11-9-16)14(18)12-6-7-13(21-12)15(19)20/h6-7H,3-5,8-11H2,1-2H3,(H,19,20). The summed E-state index contributed by atoms with van der Waals surface area (Å²) < 4.78 is 5.11. The number of carboxylic acids is 1. The Bertz CT molecular complexity index is 516. The predicted octanol–water partition coefficient (Wildman–Crippen LogP) is 3.41. The van der Waals surface area contributed by atoms with Crippen LogP contribution in [0.5, 0.6) is 0 Å². The molecule has 1 fully saturated rings. The zero-order valence-electron chi connectivity index (χ0n) is 12.7. The largest absolute Gasteiger partial charge is 0.475 e. The second-order valence-corrected chi connectivity index (χ2v) is 5.82. The topological polar surface area (TPSA) is 70.8 Å². The average Bonchev–Trinajstić information content (AvgIpc) is 2.88. The number of nitrogens with zero attached hydrogens (tertiary/aromatic N) is 1. The molecule has 2 heterocycles. The lowest BCUT2D eigenvalue weighted by Crippen LogP contribution is -2.32. The summed E-state index contributed by atoms with van der Waals surface area (Å²) >= 11 is 0. The molecule has 0 unspecified atom stereocenters. The van der Waals surface area contributed by atoms with Crippen LogP contribution < -0.4 is 0 Å². The van der Waals surface area contributed by atoms with Crippen molar-refractivity contribution in [2.45, 2.75) is 46.0 Å². The van der Waals surface area contributed by atoms with Gasteiger partial charge in [0.2, 0.25) is 5.76 Å². The first-order chi connectivity index (χ1) is 10.0. The minimum atomic E-state index is -1.15. The van der Waals surface area contributed by atoms with Crippen LogP contribution in [0.15, 0.2) is 16.5 Å². The summed E-state index contributed by atoms with van der Waals surface area (Å²) in [6, 6.07) is 2.78. The van der Waals surface area contributed by atoms with E-state index in [0.29, 0.717) is 18.5 Å². The molecular formula is C16H23NO4. The van der Waals surface area contributed by atoms with Gasteiger partial charge in [0.1, 0.15) is 0 Å². The second-order valence-electron chi connectivity index (χ2n) is 5.82. The number of hydrogen-bond acceptors (Lipinski definition) is 3. The molecule has 116 valence electrons. The van der Waals surface area contributed by atoms with Crippen molar-refractivity contribution < 1.29 is 19.1 Å². The van der Waals surface area contributed by atoms with Gasteiger partial charge in [-0.3, -0.25) is 4.79 Å². The molecule has 0 bridgehead atoms. The van der Waals surface area contributed by atoms with E-state index in [-0.39, 0.29) is 17.4 Å². The Morgan fingerprint density at radius 1 is 1.19 bits per heavy atom. The lowest BCUT2D eigenvalue weighted by atomic mass is 9.76. The Morgan fingerprint density at radius 2 is 1.86 bits per heavy atom. The lowest BCUT2D eigenvalue weighted by molar-refractivity contribution is 0.0649. The van der Waals surface area contributed by atoms with Gasteiger partial charge in [-0.2, -0.15) is 0 Å². The fraction of sp³-hybridized carbons (Fsp3) is 0.625. The zero-order valence-corrected chi connectivity index (χ0v) is 12.7. The lowest BCUT2D eigenvalue weighted by Gasteiger charge is -2.30. The van der Waals surface area contributed by atoms with E-state index in [9.17, 15) is 9.59 Å². The Morgan fingerprint density at radius 3 is 2.43 bits per heavy atom. The van der Waals surface area contributed by atoms with Gasteiger partial charge in [0.15, 0.2) is 5.76 Å². The second kappa shape index (κ2) is 6.33. The van der Waals surface area contributed by atoms with E-state index in [4.69, 9.17) is 9.52 Å². The molecule has 5 nitrogen and oxygen atoms in total. The van der Waals surface area contributed by atoms with Crippen molar-refractivity contribution in [1.29, 1.82) is 0 Å². The highest BCUT2D eigenvalue weighted by Gasteiger charge is 2.31. The molecule has 1 aliphatic heterocycles. The van der Waals surface area contributed by atoms with Crippen LogP contribution in [0.25, 0.3) is 0 Å². The molecular weight excluding hydrogens is 270 g/mol. The van der Waals surface area contributed by atoms with Crippen LogP contribution in [0, 0.1) is 5.41 Å². The highest BCUT2D eigenvalue weighted by atomic mass is 16.4. The molecule has 21 heavy (non-hydrogen) atoms. The molecule has 0 aliphatic carbocycles. The fourth-order valence-corrected chi connectivity index (χ4v) is 3.14. The summed E-state index contributed by atoms with van der Waals surface area (Å²) in [5.41, 5.74) is 0.338. The third-order valence-electron chi connectivity index (χ3n) is 4.86. The van der Waals surface area contributed by atoms with Gasteiger partial charge >= 0.3 is 5.97 Å². The van der Waals surface area contributed by atoms with E-state index in [2.05, 4.69) is 13.8 Å². The van der Waals surface area contributed by atoms with Crippen LogP contribution in [0.3, 0.4) is 0 Å². The quantitative estimate of drug-likeness (QED) is 0.923. The van der Waals surface area contributed by atoms with Crippen molar-refractivity contribution in [3.05, 3.63) is 23.7 Å². The minimum absolute atomic E-state index is 0.118. The van der Waals surface area contributed by atoms with Gasteiger partial charge in [0.25, 0.3) is 5.91 Å². The summed E-state index contributed by atoms with van der Waals surface area (Å²) in [4.78, 5) is 25.0. The van der Waals surface area contributed by atoms with Crippen molar-refractivity contribution >= 4 is 11.9 Å². The molecule has 2 rings (SSSR count). The third kappa shape index (κ3) is 3.28. The van der Waals surface area contributed by atoms with Crippen LogP contribution in [0.1, 0.15) is 67.1 Å². The molecule has 0 atom stereocenters. The van der Waals surface area contributed by atoms with E-state index < -0.39 is 5.97 Å². The number of carboxylic acid groups (broad SMARTS) is 1. The van der Waals surface area contributed by atoms with Gasteiger partial charge in [0, 0.05) is 13.1 Å². The Labute approximate surface area is 124 Å². The molecule has 0 radical (unpaired) electrons. The molecule has 0 aromatic carbocycles. The summed E-state index contributed by atoms with van der Waals surface area (Å²) in [5, 5.41) is 8.85. The molecule has 1 saturated heterocycles. The SMILES string of the molecule is CCC1(CC)CCCN(C(=O)c2ccc(C(=O)O)o2)CC1. The molecule has 1 aromatic heterocycles. The summed E-state index contributed by atoms with van der Waals surface area (Å²) in [5.74, 6) is -1.43. The smallest absolute Gasteiger partial charge is 0.371 e. The van der Waals surface area contributed by atoms with Crippen LogP contribution in [-0.2, 0) is 0 Å². The zero-order chi connectivity index (χ0) is 15.5. The minimum Gasteiger partial charge on any atom is -0.475 e. The van der Waals surface area contributed by atoms with Gasteiger partial charge in [-0.25, -0.2) is 4.79 Å². The molecule has 1 aromatic rings. The average molecular weight is 293 g/mol. The number of aromatic carboxylic acids is 1. The van der Waals surface area contributed by atoms with Crippen molar-refractivity contribution in [3.63, 3.8) is 0 Å². The number of amides is 1. The van der Waals surface area contributed by atoms with Gasteiger partial charge in [-0.1, -0.05) is 26.7 Å². The van der Waals surface area contributed by atoms with Crippen molar-refractivity contribution in [1.82, 2.24) is 4.90 Å². The monoisotopic (exact) mass is 293 g/mol. The Balaban J connectivity index is 2.07. The van der Waals surface area contributed by atoms with E-state index >= 15 is 0 Å². The first-order valence-corrected chi connectivity index (χ1v) is 7.64. The first-order valence-electron chi connectivity index (χ1n) is 7.64. The number of likely N-dealkylation sites (tertiary alicyclic amines) is 1. The van der Waals surface area contributed by atoms with Crippen LogP contribution in [0.4, 0.5) is 0 Å². The maximum atomic E-state index is 12.4. The maximum absolute atomic E-state index is 12.4. The normalized spacial score (nSPS) is 18.3. The number of carbonyl (C=O) groups excluding carboxylic acids is 1. The summed E-state index contributed by atoms with van der Waals surface area (Å²) in [6.45, 7) is 5.85. The number of rotatable bonds is 4. The molecule has 1 aliphatic rings. The fourth-order valence-electron chi connectivity index (χ4n) is 3.14. The first kappa shape index (κ1) is 15.6. The highest BCUT2D eigenvalue weighted by molar-refractivity contribution is 5.93. The molecule has 5 heteroatoms. The third-order valence-corrected chi connectivity index (χ3v) is 4.86. The molecule has 1 amide bonds. The molecule has 0 saturated carbocycles. The van der Waals surface area contributed by atoms with Crippen LogP contribution >= 0.6 is 0 Å². The van der Waals surface area contributed by atoms with E-state index in [1.807, 2.05) is 0 Å². The van der Waals surface area contributed by atoms with Gasteiger partial charge < -0.3 is 14.4 Å². The van der Waals surface area contributed by atoms with Crippen molar-refractivity contribution in [2.24, 2.45) is 5.41 Å². The van der Waals surface area contributed by atoms with Crippen molar-refractivity contribution in [2.75, 3.05) is 13.1 Å². The van der Waals surface area contributed by atoms with Gasteiger partial charge in [-0.15, -0.1) is 0 Å². The molecule has 1 N–H and O–H groups in total. The summed E-state index contributed by atoms with van der Waals surface area (Å²) in [7, 11) is 0. The predicted molar refractivity (Wildman–Crippen MR) is 78.4 cm³/mol. The summed E-state index contributed by atoms with van der Waals surface area (Å²) in [6.07, 6.45) is 5.39. The van der Waals surface area contributed by atoms with Gasteiger partial charge in [0.05, 0.1) is 0 Å². The number of furan rings is 1. The van der Waals surface area contributed by atoms with Gasteiger partial charge in [-0.05, 0) is 36.8 Å². The van der Waals surface area contributed by atoms with Crippen LogP contribution in [0.2, 0.25) is 0 Å². The van der Waals surface area contributed by atoms with E-state index in [1.54, 1.807) is 4.90 Å². The number of hydrogen-bond donors (Lipinski definition) is 1.